The third kappa shape index (κ3) is 2.12. The van der Waals surface area contributed by atoms with Gasteiger partial charge in [0.2, 0.25) is 5.91 Å². The second-order valence-corrected chi connectivity index (χ2v) is 4.34. The third-order valence-electron chi connectivity index (χ3n) is 2.26. The number of carbonyl (C=O) groups excluding carboxylic acids is 1. The van der Waals surface area contributed by atoms with E-state index in [4.69, 9.17) is 0 Å². The van der Waals surface area contributed by atoms with Crippen molar-refractivity contribution in [2.75, 3.05) is 5.32 Å². The van der Waals surface area contributed by atoms with E-state index in [1.165, 1.54) is 0 Å². The number of pyridine rings is 1. The Bertz CT molecular complexity index is 374. The quantitative estimate of drug-likeness (QED) is 0.825. The number of halogens is 1. The van der Waals surface area contributed by atoms with E-state index in [9.17, 15) is 4.79 Å². The zero-order valence-corrected chi connectivity index (χ0v) is 9.47. The first-order chi connectivity index (χ1) is 6.66. The first kappa shape index (κ1) is 9.65. The van der Waals surface area contributed by atoms with Crippen molar-refractivity contribution in [1.82, 2.24) is 4.98 Å². The van der Waals surface area contributed by atoms with Crippen molar-refractivity contribution < 1.29 is 4.79 Å². The zero-order valence-electron chi connectivity index (χ0n) is 7.88. The minimum absolute atomic E-state index is 0.122. The number of aromatic nitrogens is 1. The molecule has 3 nitrogen and oxygen atoms in total. The van der Waals surface area contributed by atoms with Gasteiger partial charge in [0.15, 0.2) is 0 Å². The molecule has 1 aliphatic carbocycles. The van der Waals surface area contributed by atoms with Crippen molar-refractivity contribution in [1.29, 1.82) is 0 Å². The van der Waals surface area contributed by atoms with E-state index in [1.54, 1.807) is 0 Å². The van der Waals surface area contributed by atoms with Crippen LogP contribution >= 0.6 is 15.9 Å². The van der Waals surface area contributed by atoms with E-state index in [0.717, 1.165) is 28.8 Å². The molecule has 0 aliphatic heterocycles. The highest BCUT2D eigenvalue weighted by atomic mass is 79.9. The predicted octanol–water partition coefficient (Wildman–Crippen LogP) is 2.50. The summed E-state index contributed by atoms with van der Waals surface area (Å²) in [6.07, 6.45) is 2.05. The molecular formula is C10H11BrN2O. The number of nitrogens with zero attached hydrogens (tertiary/aromatic N) is 1. The van der Waals surface area contributed by atoms with E-state index < -0.39 is 0 Å². The van der Waals surface area contributed by atoms with Gasteiger partial charge in [-0.15, -0.1) is 0 Å². The summed E-state index contributed by atoms with van der Waals surface area (Å²) in [7, 11) is 0. The fourth-order valence-corrected chi connectivity index (χ4v) is 1.64. The van der Waals surface area contributed by atoms with Crippen LogP contribution in [-0.4, -0.2) is 10.9 Å². The summed E-state index contributed by atoms with van der Waals surface area (Å²) in [5.74, 6) is 0.357. The summed E-state index contributed by atoms with van der Waals surface area (Å²) in [4.78, 5) is 15.7. The topological polar surface area (TPSA) is 42.0 Å². The van der Waals surface area contributed by atoms with Crippen LogP contribution in [0.5, 0.6) is 0 Å². The lowest BCUT2D eigenvalue weighted by molar-refractivity contribution is -0.117. The summed E-state index contributed by atoms with van der Waals surface area (Å²) < 4.78 is 0.791. The fraction of sp³-hybridized carbons (Fsp3) is 0.400. The Kier molecular flexibility index (Phi) is 2.54. The molecule has 1 saturated carbocycles. The number of hydrogen-bond donors (Lipinski definition) is 1. The number of amides is 1. The number of hydrogen-bond acceptors (Lipinski definition) is 2. The molecule has 1 N–H and O–H groups in total. The Labute approximate surface area is 91.0 Å². The Balaban J connectivity index is 2.11. The van der Waals surface area contributed by atoms with E-state index in [1.807, 2.05) is 19.1 Å². The van der Waals surface area contributed by atoms with Gasteiger partial charge in [-0.1, -0.05) is 0 Å². The molecule has 1 heterocycles. The van der Waals surface area contributed by atoms with Crippen molar-refractivity contribution in [2.45, 2.75) is 19.8 Å². The van der Waals surface area contributed by atoms with E-state index in [0.29, 0.717) is 0 Å². The van der Waals surface area contributed by atoms with Crippen molar-refractivity contribution >= 4 is 27.5 Å². The average Bonchev–Trinajstić information content (AvgIpc) is 2.92. The summed E-state index contributed by atoms with van der Waals surface area (Å²) in [5.41, 5.74) is 1.65. The number of anilines is 1. The van der Waals surface area contributed by atoms with Gasteiger partial charge in [0.25, 0.3) is 0 Å². The molecule has 0 radical (unpaired) electrons. The van der Waals surface area contributed by atoms with Crippen molar-refractivity contribution in [2.24, 2.45) is 5.92 Å². The molecular weight excluding hydrogens is 244 g/mol. The van der Waals surface area contributed by atoms with Gasteiger partial charge in [-0.2, -0.15) is 0 Å². The van der Waals surface area contributed by atoms with Gasteiger partial charge in [-0.05, 0) is 47.8 Å². The van der Waals surface area contributed by atoms with Gasteiger partial charge in [0, 0.05) is 5.92 Å². The van der Waals surface area contributed by atoms with Gasteiger partial charge in [0.1, 0.15) is 4.60 Å². The van der Waals surface area contributed by atoms with Gasteiger partial charge in [-0.25, -0.2) is 4.98 Å². The molecule has 2 rings (SSSR count). The summed E-state index contributed by atoms with van der Waals surface area (Å²) in [5, 5.41) is 2.88. The molecule has 0 bridgehead atoms. The summed E-state index contributed by atoms with van der Waals surface area (Å²) >= 11 is 3.28. The SMILES string of the molecule is Cc1nc(Br)ccc1NC(=O)C1CC1. The normalized spacial score (nSPS) is 15.3. The minimum Gasteiger partial charge on any atom is -0.324 e. The molecule has 1 aromatic heterocycles. The zero-order chi connectivity index (χ0) is 10.1. The van der Waals surface area contributed by atoms with Crippen molar-refractivity contribution in [3.63, 3.8) is 0 Å². The Morgan fingerprint density at radius 1 is 1.57 bits per heavy atom. The number of aryl methyl sites for hydroxylation is 1. The lowest BCUT2D eigenvalue weighted by Crippen LogP contribution is -2.14. The Morgan fingerprint density at radius 3 is 2.86 bits per heavy atom. The highest BCUT2D eigenvalue weighted by Crippen LogP contribution is 2.30. The van der Waals surface area contributed by atoms with Crippen LogP contribution in [0.25, 0.3) is 0 Å². The molecule has 4 heteroatoms. The number of rotatable bonds is 2. The largest absolute Gasteiger partial charge is 0.324 e. The van der Waals surface area contributed by atoms with Crippen LogP contribution in [-0.2, 0) is 4.79 Å². The van der Waals surface area contributed by atoms with Crippen LogP contribution in [0.3, 0.4) is 0 Å². The molecule has 1 aliphatic rings. The highest BCUT2D eigenvalue weighted by Gasteiger charge is 2.29. The second-order valence-electron chi connectivity index (χ2n) is 3.53. The standard InChI is InChI=1S/C10H11BrN2O/c1-6-8(4-5-9(11)12-6)13-10(14)7-2-3-7/h4-5,7H,2-3H2,1H3,(H,13,14). The first-order valence-electron chi connectivity index (χ1n) is 4.61. The lowest BCUT2D eigenvalue weighted by atomic mass is 10.3. The van der Waals surface area contributed by atoms with Crippen LogP contribution in [0.4, 0.5) is 5.69 Å². The maximum Gasteiger partial charge on any atom is 0.227 e. The number of carbonyl (C=O) groups is 1. The van der Waals surface area contributed by atoms with Crippen molar-refractivity contribution in [3.05, 3.63) is 22.4 Å². The van der Waals surface area contributed by atoms with Crippen LogP contribution in [0.1, 0.15) is 18.5 Å². The lowest BCUT2D eigenvalue weighted by Gasteiger charge is -2.06. The van der Waals surface area contributed by atoms with Gasteiger partial charge >= 0.3 is 0 Å². The Morgan fingerprint density at radius 2 is 2.29 bits per heavy atom. The first-order valence-corrected chi connectivity index (χ1v) is 5.40. The van der Waals surface area contributed by atoms with E-state index in [2.05, 4.69) is 26.2 Å². The predicted molar refractivity (Wildman–Crippen MR) is 58.0 cm³/mol. The molecule has 0 saturated heterocycles. The van der Waals surface area contributed by atoms with Crippen LogP contribution < -0.4 is 5.32 Å². The molecule has 0 atom stereocenters. The summed E-state index contributed by atoms with van der Waals surface area (Å²) in [6, 6.07) is 3.70. The molecule has 14 heavy (non-hydrogen) atoms. The minimum atomic E-state index is 0.122. The smallest absolute Gasteiger partial charge is 0.227 e. The Hall–Kier alpha value is -0.900. The van der Waals surface area contributed by atoms with Gasteiger partial charge in [0.05, 0.1) is 11.4 Å². The fourth-order valence-electron chi connectivity index (χ4n) is 1.24. The summed E-state index contributed by atoms with van der Waals surface area (Å²) in [6.45, 7) is 1.88. The third-order valence-corrected chi connectivity index (χ3v) is 2.70. The average molecular weight is 255 g/mol. The monoisotopic (exact) mass is 254 g/mol. The van der Waals surface area contributed by atoms with Crippen molar-refractivity contribution in [3.8, 4) is 0 Å². The second kappa shape index (κ2) is 3.69. The maximum absolute atomic E-state index is 11.5. The molecule has 1 aromatic rings. The molecule has 0 spiro atoms. The van der Waals surface area contributed by atoms with Gasteiger partial charge < -0.3 is 5.32 Å². The highest BCUT2D eigenvalue weighted by molar-refractivity contribution is 9.10. The number of nitrogens with one attached hydrogen (secondary N) is 1. The van der Waals surface area contributed by atoms with E-state index >= 15 is 0 Å². The van der Waals surface area contributed by atoms with Gasteiger partial charge in [-0.3, -0.25) is 4.79 Å². The molecule has 74 valence electrons. The maximum atomic E-state index is 11.5. The molecule has 1 amide bonds. The molecule has 1 fully saturated rings. The van der Waals surface area contributed by atoms with E-state index in [-0.39, 0.29) is 11.8 Å². The van der Waals surface area contributed by atoms with Crippen LogP contribution in [0.15, 0.2) is 16.7 Å². The molecule has 0 aromatic carbocycles. The molecule has 0 unspecified atom stereocenters. The van der Waals surface area contributed by atoms with Crippen LogP contribution in [0.2, 0.25) is 0 Å². The van der Waals surface area contributed by atoms with Crippen LogP contribution in [0, 0.1) is 12.8 Å².